The maximum Gasteiger partial charge on any atom is 0.162 e. The van der Waals surface area contributed by atoms with Crippen LogP contribution >= 0.6 is 11.3 Å². The van der Waals surface area contributed by atoms with Gasteiger partial charge < -0.3 is 5.32 Å². The van der Waals surface area contributed by atoms with Gasteiger partial charge in [0.05, 0.1) is 5.92 Å². The third-order valence-electron chi connectivity index (χ3n) is 5.80. The maximum atomic E-state index is 13.3. The molecule has 0 bridgehead atoms. The number of hydrogen-bond acceptors (Lipinski definition) is 3. The zero-order valence-corrected chi connectivity index (χ0v) is 16.7. The number of benzene rings is 2. The molecule has 1 aliphatic carbocycles. The van der Waals surface area contributed by atoms with Crippen molar-refractivity contribution < 1.29 is 4.79 Å². The molecular weight excluding hydrogens is 350 g/mol. The maximum absolute atomic E-state index is 13.3. The average Bonchev–Trinajstić information content (AvgIpc) is 3.04. The summed E-state index contributed by atoms with van der Waals surface area (Å²) in [6.07, 6.45) is 1.54. The Morgan fingerprint density at radius 3 is 2.63 bits per heavy atom. The quantitative estimate of drug-likeness (QED) is 0.534. The highest BCUT2D eigenvalue weighted by molar-refractivity contribution is 7.12. The van der Waals surface area contributed by atoms with Crippen LogP contribution in [0.4, 0.5) is 5.69 Å². The molecule has 2 aliphatic rings. The number of nitrogens with one attached hydrogen (secondary N) is 1. The predicted octanol–water partition coefficient (Wildman–Crippen LogP) is 6.41. The highest BCUT2D eigenvalue weighted by atomic mass is 32.1. The van der Waals surface area contributed by atoms with Gasteiger partial charge in [0.2, 0.25) is 0 Å². The number of allylic oxidation sites excluding steroid dienone is 2. The first kappa shape index (κ1) is 16.8. The third-order valence-corrected chi connectivity index (χ3v) is 6.86. The van der Waals surface area contributed by atoms with Crippen LogP contribution in [0.5, 0.6) is 0 Å². The number of hydrogen-bond donors (Lipinski definition) is 1. The fourth-order valence-corrected chi connectivity index (χ4v) is 5.69. The number of carbonyl (C=O) groups is 1. The largest absolute Gasteiger partial charge is 0.358 e. The monoisotopic (exact) mass is 373 g/mol. The Bertz CT molecular complexity index is 1120. The van der Waals surface area contributed by atoms with Crippen molar-refractivity contribution in [3.05, 3.63) is 75.1 Å². The number of carbonyl (C=O) groups excluding carboxylic acids is 1. The average molecular weight is 374 g/mol. The van der Waals surface area contributed by atoms with Gasteiger partial charge in [-0.25, -0.2) is 0 Å². The van der Waals surface area contributed by atoms with Crippen molar-refractivity contribution in [3.8, 4) is 0 Å². The molecule has 2 aromatic carbocycles. The molecular formula is C24H23NOS. The van der Waals surface area contributed by atoms with Crippen LogP contribution in [-0.4, -0.2) is 5.78 Å². The first-order chi connectivity index (χ1) is 12.9. The molecule has 1 atom stereocenters. The molecule has 0 unspecified atom stereocenters. The number of ketones is 1. The van der Waals surface area contributed by atoms with E-state index in [0.717, 1.165) is 23.4 Å². The van der Waals surface area contributed by atoms with Gasteiger partial charge in [-0.2, -0.15) is 0 Å². The lowest BCUT2D eigenvalue weighted by Gasteiger charge is -2.39. The fraction of sp³-hybridized carbons (Fsp3) is 0.292. The van der Waals surface area contributed by atoms with E-state index in [0.29, 0.717) is 12.2 Å². The molecule has 3 heteroatoms. The van der Waals surface area contributed by atoms with Gasteiger partial charge in [0.25, 0.3) is 0 Å². The zero-order chi connectivity index (χ0) is 18.8. The summed E-state index contributed by atoms with van der Waals surface area (Å²) in [5, 5.41) is 6.11. The SMILES string of the molecule is Cc1ccc([C@H]2C3=C(CC(C)(C)CC3=O)Nc3ccc4ccccc4c32)s1. The van der Waals surface area contributed by atoms with Gasteiger partial charge in [-0.1, -0.05) is 44.2 Å². The van der Waals surface area contributed by atoms with E-state index in [2.05, 4.69) is 74.6 Å². The molecule has 2 nitrogen and oxygen atoms in total. The first-order valence-corrected chi connectivity index (χ1v) is 10.4. The molecule has 3 aromatic rings. The van der Waals surface area contributed by atoms with Crippen molar-refractivity contribution in [1.82, 2.24) is 0 Å². The summed E-state index contributed by atoms with van der Waals surface area (Å²) in [4.78, 5) is 15.8. The molecule has 2 heterocycles. The van der Waals surface area contributed by atoms with Gasteiger partial charge in [0, 0.05) is 33.1 Å². The Hall–Kier alpha value is -2.39. The minimum absolute atomic E-state index is 0.00713. The molecule has 0 spiro atoms. The third kappa shape index (κ3) is 2.64. The lowest BCUT2D eigenvalue weighted by Crippen LogP contribution is -2.33. The van der Waals surface area contributed by atoms with Crippen LogP contribution in [0.1, 0.15) is 47.9 Å². The van der Waals surface area contributed by atoms with Gasteiger partial charge in [-0.3, -0.25) is 4.79 Å². The van der Waals surface area contributed by atoms with Crippen molar-refractivity contribution >= 4 is 33.6 Å². The first-order valence-electron chi connectivity index (χ1n) is 9.54. The Labute approximate surface area is 163 Å². The van der Waals surface area contributed by atoms with Crippen LogP contribution < -0.4 is 5.32 Å². The molecule has 27 heavy (non-hydrogen) atoms. The Balaban J connectivity index is 1.82. The lowest BCUT2D eigenvalue weighted by molar-refractivity contribution is -0.118. The minimum Gasteiger partial charge on any atom is -0.358 e. The smallest absolute Gasteiger partial charge is 0.162 e. The van der Waals surface area contributed by atoms with E-state index >= 15 is 0 Å². The van der Waals surface area contributed by atoms with E-state index in [4.69, 9.17) is 0 Å². The Morgan fingerprint density at radius 1 is 1.04 bits per heavy atom. The van der Waals surface area contributed by atoms with Gasteiger partial charge in [-0.05, 0) is 53.3 Å². The summed E-state index contributed by atoms with van der Waals surface area (Å²) in [6, 6.07) is 17.3. The van der Waals surface area contributed by atoms with Crippen LogP contribution in [0.25, 0.3) is 10.8 Å². The normalized spacial score (nSPS) is 21.0. The summed E-state index contributed by atoms with van der Waals surface area (Å²) in [7, 11) is 0. The second-order valence-electron chi connectivity index (χ2n) is 8.59. The summed E-state index contributed by atoms with van der Waals surface area (Å²) in [5.74, 6) is 0.327. The van der Waals surface area contributed by atoms with Crippen LogP contribution in [-0.2, 0) is 4.79 Å². The van der Waals surface area contributed by atoms with E-state index in [1.165, 1.54) is 26.1 Å². The highest BCUT2D eigenvalue weighted by Gasteiger charge is 2.41. The molecule has 1 aromatic heterocycles. The van der Waals surface area contributed by atoms with Gasteiger partial charge in [0.1, 0.15) is 0 Å². The van der Waals surface area contributed by atoms with Crippen LogP contribution in [0.2, 0.25) is 0 Å². The number of rotatable bonds is 1. The summed E-state index contributed by atoms with van der Waals surface area (Å²) < 4.78 is 0. The molecule has 0 radical (unpaired) electrons. The highest BCUT2D eigenvalue weighted by Crippen LogP contribution is 2.51. The van der Waals surface area contributed by atoms with Gasteiger partial charge >= 0.3 is 0 Å². The topological polar surface area (TPSA) is 29.1 Å². The summed E-state index contributed by atoms with van der Waals surface area (Å²) >= 11 is 1.81. The second-order valence-corrected chi connectivity index (χ2v) is 9.91. The van der Waals surface area contributed by atoms with Crippen LogP contribution in [0.15, 0.2) is 59.8 Å². The molecule has 5 rings (SSSR count). The van der Waals surface area contributed by atoms with E-state index in [9.17, 15) is 4.79 Å². The lowest BCUT2D eigenvalue weighted by atomic mass is 9.69. The fourth-order valence-electron chi connectivity index (χ4n) is 4.70. The number of aryl methyl sites for hydroxylation is 1. The number of fused-ring (bicyclic) bond motifs is 3. The molecule has 0 saturated heterocycles. The number of thiophene rings is 1. The minimum atomic E-state index is 0.00713. The molecule has 0 amide bonds. The van der Waals surface area contributed by atoms with E-state index < -0.39 is 0 Å². The van der Waals surface area contributed by atoms with Gasteiger partial charge in [0.15, 0.2) is 5.78 Å². The standard InChI is InChI=1S/C24H23NOS/c1-14-8-11-20(27-14)23-21-16-7-5-4-6-15(16)9-10-17(21)25-18-12-24(2,3)13-19(26)22(18)23/h4-11,23,25H,12-13H2,1-3H3/t23-/m1/s1. The predicted molar refractivity (Wildman–Crippen MR) is 114 cm³/mol. The van der Waals surface area contributed by atoms with Crippen molar-refractivity contribution in [2.24, 2.45) is 5.41 Å². The van der Waals surface area contributed by atoms with Crippen molar-refractivity contribution in [2.45, 2.75) is 39.5 Å². The molecule has 1 N–H and O–H groups in total. The molecule has 1 aliphatic heterocycles. The molecule has 0 fully saturated rings. The van der Waals surface area contributed by atoms with Crippen molar-refractivity contribution in [1.29, 1.82) is 0 Å². The van der Waals surface area contributed by atoms with Crippen molar-refractivity contribution in [3.63, 3.8) is 0 Å². The van der Waals surface area contributed by atoms with Crippen molar-refractivity contribution in [2.75, 3.05) is 5.32 Å². The number of anilines is 1. The number of Topliss-reactive ketones (excluding diaryl/α,β-unsaturated/α-hetero) is 1. The van der Waals surface area contributed by atoms with E-state index in [-0.39, 0.29) is 11.3 Å². The van der Waals surface area contributed by atoms with Crippen LogP contribution in [0, 0.1) is 12.3 Å². The summed E-state index contributed by atoms with van der Waals surface area (Å²) in [5.41, 5.74) is 4.51. The van der Waals surface area contributed by atoms with E-state index in [1.54, 1.807) is 0 Å². The van der Waals surface area contributed by atoms with E-state index in [1.807, 2.05) is 11.3 Å². The Morgan fingerprint density at radius 2 is 1.85 bits per heavy atom. The van der Waals surface area contributed by atoms with Gasteiger partial charge in [-0.15, -0.1) is 11.3 Å². The van der Waals surface area contributed by atoms with Crippen LogP contribution in [0.3, 0.4) is 0 Å². The second kappa shape index (κ2) is 5.80. The molecule has 136 valence electrons. The molecule has 0 saturated carbocycles. The Kier molecular flexibility index (Phi) is 3.60. The zero-order valence-electron chi connectivity index (χ0n) is 15.9. The summed E-state index contributed by atoms with van der Waals surface area (Å²) in [6.45, 7) is 6.52.